The van der Waals surface area contributed by atoms with E-state index < -0.39 is 12.5 Å². The average Bonchev–Trinajstić information content (AvgIpc) is 3.07. The van der Waals surface area contributed by atoms with Crippen molar-refractivity contribution in [2.45, 2.75) is 20.1 Å². The van der Waals surface area contributed by atoms with Crippen LogP contribution in [0.5, 0.6) is 11.5 Å². The molecule has 0 bridgehead atoms. The fraction of sp³-hybridized carbons (Fsp3) is 0.167. The molecule has 0 saturated carbocycles. The maximum absolute atomic E-state index is 12.5. The standard InChI is InChI=1S/C18H15F2N3O4/c1-11-21-16(23-27-11)10-25-15-5-3-2-4-14(15)17(24)22-12-6-8-13(9-7-12)26-18(19)20/h2-9,18H,10H2,1H3,(H,22,24). The minimum Gasteiger partial charge on any atom is -0.485 e. The number of carbonyl (C=O) groups is 1. The highest BCUT2D eigenvalue weighted by molar-refractivity contribution is 6.06. The Bertz CT molecular complexity index is 913. The summed E-state index contributed by atoms with van der Waals surface area (Å²) in [5.74, 6) is 0.700. The summed E-state index contributed by atoms with van der Waals surface area (Å²) >= 11 is 0. The molecule has 0 spiro atoms. The van der Waals surface area contributed by atoms with Crippen LogP contribution >= 0.6 is 0 Å². The molecular formula is C18H15F2N3O4. The molecule has 0 unspecified atom stereocenters. The van der Waals surface area contributed by atoms with Crippen molar-refractivity contribution in [1.82, 2.24) is 10.1 Å². The van der Waals surface area contributed by atoms with Crippen LogP contribution in [-0.4, -0.2) is 22.7 Å². The van der Waals surface area contributed by atoms with Gasteiger partial charge in [-0.3, -0.25) is 4.79 Å². The third-order valence-electron chi connectivity index (χ3n) is 3.40. The van der Waals surface area contributed by atoms with Gasteiger partial charge >= 0.3 is 6.61 Å². The number of carbonyl (C=O) groups excluding carboxylic acids is 1. The SMILES string of the molecule is Cc1nc(COc2ccccc2C(=O)Nc2ccc(OC(F)F)cc2)no1. The second-order valence-electron chi connectivity index (χ2n) is 5.37. The van der Waals surface area contributed by atoms with Gasteiger partial charge in [0.2, 0.25) is 11.7 Å². The van der Waals surface area contributed by atoms with Crippen molar-refractivity contribution in [1.29, 1.82) is 0 Å². The maximum atomic E-state index is 12.5. The lowest BCUT2D eigenvalue weighted by atomic mass is 10.2. The number of nitrogens with zero attached hydrogens (tertiary/aromatic N) is 2. The number of anilines is 1. The quantitative estimate of drug-likeness (QED) is 0.676. The maximum Gasteiger partial charge on any atom is 0.387 e. The lowest BCUT2D eigenvalue weighted by molar-refractivity contribution is -0.0498. The van der Waals surface area contributed by atoms with Gasteiger partial charge < -0.3 is 19.3 Å². The molecule has 0 fully saturated rings. The molecule has 1 N–H and O–H groups in total. The number of halogens is 2. The first-order chi connectivity index (χ1) is 13.0. The van der Waals surface area contributed by atoms with Gasteiger partial charge in [0.25, 0.3) is 5.91 Å². The number of rotatable bonds is 7. The van der Waals surface area contributed by atoms with Crippen molar-refractivity contribution in [2.75, 3.05) is 5.32 Å². The van der Waals surface area contributed by atoms with Gasteiger partial charge in [-0.2, -0.15) is 13.8 Å². The predicted molar refractivity (Wildman–Crippen MR) is 90.8 cm³/mol. The van der Waals surface area contributed by atoms with Gasteiger partial charge in [0, 0.05) is 12.6 Å². The Labute approximate surface area is 152 Å². The minimum atomic E-state index is -2.91. The first-order valence-corrected chi connectivity index (χ1v) is 7.88. The summed E-state index contributed by atoms with van der Waals surface area (Å²) < 4.78 is 39.1. The van der Waals surface area contributed by atoms with Crippen LogP contribution in [-0.2, 0) is 6.61 Å². The molecule has 27 heavy (non-hydrogen) atoms. The van der Waals surface area contributed by atoms with Crippen LogP contribution in [0.3, 0.4) is 0 Å². The van der Waals surface area contributed by atoms with E-state index >= 15 is 0 Å². The van der Waals surface area contributed by atoms with E-state index in [1.165, 1.54) is 24.3 Å². The van der Waals surface area contributed by atoms with Crippen molar-refractivity contribution >= 4 is 11.6 Å². The van der Waals surface area contributed by atoms with Crippen LogP contribution in [0.1, 0.15) is 22.1 Å². The summed E-state index contributed by atoms with van der Waals surface area (Å²) in [6, 6.07) is 12.2. The Kier molecular flexibility index (Phi) is 5.60. The average molecular weight is 375 g/mol. The molecule has 0 aliphatic carbocycles. The highest BCUT2D eigenvalue weighted by atomic mass is 19.3. The topological polar surface area (TPSA) is 86.5 Å². The van der Waals surface area contributed by atoms with E-state index in [0.717, 1.165) is 0 Å². The normalized spacial score (nSPS) is 10.7. The summed E-state index contributed by atoms with van der Waals surface area (Å²) in [6.07, 6.45) is 0. The predicted octanol–water partition coefficient (Wildman–Crippen LogP) is 3.81. The molecule has 0 aliphatic rings. The Balaban J connectivity index is 1.67. The van der Waals surface area contributed by atoms with Gasteiger partial charge in [0.05, 0.1) is 5.56 Å². The second-order valence-corrected chi connectivity index (χ2v) is 5.37. The molecule has 0 atom stereocenters. The molecule has 1 amide bonds. The van der Waals surface area contributed by atoms with E-state index in [4.69, 9.17) is 9.26 Å². The molecule has 0 radical (unpaired) electrons. The molecule has 0 saturated heterocycles. The van der Waals surface area contributed by atoms with Crippen LogP contribution in [0, 0.1) is 6.92 Å². The molecule has 0 aliphatic heterocycles. The minimum absolute atomic E-state index is 0.00198. The lowest BCUT2D eigenvalue weighted by Crippen LogP contribution is -2.14. The molecule has 140 valence electrons. The van der Waals surface area contributed by atoms with Crippen molar-refractivity contribution in [3.63, 3.8) is 0 Å². The number of hydrogen-bond donors (Lipinski definition) is 1. The Morgan fingerprint density at radius 1 is 1.19 bits per heavy atom. The smallest absolute Gasteiger partial charge is 0.387 e. The van der Waals surface area contributed by atoms with Gasteiger partial charge in [-0.25, -0.2) is 0 Å². The first-order valence-electron chi connectivity index (χ1n) is 7.88. The van der Waals surface area contributed by atoms with E-state index in [9.17, 15) is 13.6 Å². The Morgan fingerprint density at radius 3 is 2.59 bits per heavy atom. The van der Waals surface area contributed by atoms with Crippen LogP contribution in [0.2, 0.25) is 0 Å². The molecule has 3 aromatic rings. The molecule has 2 aromatic carbocycles. The third-order valence-corrected chi connectivity index (χ3v) is 3.40. The number of aryl methyl sites for hydroxylation is 1. The summed E-state index contributed by atoms with van der Waals surface area (Å²) in [5, 5.41) is 6.39. The van der Waals surface area contributed by atoms with Gasteiger partial charge in [0.15, 0.2) is 6.61 Å². The van der Waals surface area contributed by atoms with Crippen LogP contribution in [0.4, 0.5) is 14.5 Å². The van der Waals surface area contributed by atoms with Crippen molar-refractivity contribution in [3.8, 4) is 11.5 Å². The van der Waals surface area contributed by atoms with Gasteiger partial charge in [-0.05, 0) is 36.4 Å². The highest BCUT2D eigenvalue weighted by Crippen LogP contribution is 2.22. The van der Waals surface area contributed by atoms with Crippen LogP contribution in [0.15, 0.2) is 53.1 Å². The fourth-order valence-electron chi connectivity index (χ4n) is 2.24. The lowest BCUT2D eigenvalue weighted by Gasteiger charge is -2.11. The number of hydrogen-bond acceptors (Lipinski definition) is 6. The summed E-state index contributed by atoms with van der Waals surface area (Å²) in [4.78, 5) is 16.5. The van der Waals surface area contributed by atoms with Gasteiger partial charge in [-0.15, -0.1) is 0 Å². The third kappa shape index (κ3) is 5.00. The summed E-state index contributed by atoms with van der Waals surface area (Å²) in [6.45, 7) is -1.20. The van der Waals surface area contributed by atoms with E-state index in [-0.39, 0.29) is 12.4 Å². The largest absolute Gasteiger partial charge is 0.485 e. The number of para-hydroxylation sites is 1. The van der Waals surface area contributed by atoms with E-state index in [0.29, 0.717) is 28.7 Å². The molecule has 9 heteroatoms. The van der Waals surface area contributed by atoms with E-state index in [1.807, 2.05) is 0 Å². The number of nitrogens with one attached hydrogen (secondary N) is 1. The van der Waals surface area contributed by atoms with E-state index in [2.05, 4.69) is 20.2 Å². The van der Waals surface area contributed by atoms with Gasteiger partial charge in [0.1, 0.15) is 11.5 Å². The summed E-state index contributed by atoms with van der Waals surface area (Å²) in [7, 11) is 0. The number of aromatic nitrogens is 2. The zero-order chi connectivity index (χ0) is 19.2. The zero-order valence-corrected chi connectivity index (χ0v) is 14.2. The van der Waals surface area contributed by atoms with Crippen molar-refractivity contribution in [2.24, 2.45) is 0 Å². The fourth-order valence-corrected chi connectivity index (χ4v) is 2.24. The van der Waals surface area contributed by atoms with Crippen molar-refractivity contribution < 1.29 is 27.6 Å². The highest BCUT2D eigenvalue weighted by Gasteiger charge is 2.14. The summed E-state index contributed by atoms with van der Waals surface area (Å²) in [5.41, 5.74) is 0.718. The number of benzene rings is 2. The molecule has 1 aromatic heterocycles. The van der Waals surface area contributed by atoms with Crippen LogP contribution < -0.4 is 14.8 Å². The number of ether oxygens (including phenoxy) is 2. The monoisotopic (exact) mass is 375 g/mol. The zero-order valence-electron chi connectivity index (χ0n) is 14.2. The molecule has 1 heterocycles. The number of alkyl halides is 2. The van der Waals surface area contributed by atoms with E-state index in [1.54, 1.807) is 31.2 Å². The van der Waals surface area contributed by atoms with Crippen LogP contribution in [0.25, 0.3) is 0 Å². The van der Waals surface area contributed by atoms with Crippen molar-refractivity contribution in [3.05, 3.63) is 65.8 Å². The molecule has 7 nitrogen and oxygen atoms in total. The molecule has 3 rings (SSSR count). The second kappa shape index (κ2) is 8.26. The Hall–Kier alpha value is -3.49. The first kappa shape index (κ1) is 18.3. The molecular weight excluding hydrogens is 360 g/mol. The Morgan fingerprint density at radius 2 is 1.93 bits per heavy atom. The number of amides is 1. The van der Waals surface area contributed by atoms with Gasteiger partial charge in [-0.1, -0.05) is 17.3 Å².